The summed E-state index contributed by atoms with van der Waals surface area (Å²) < 4.78 is 0. The Balaban J connectivity index is 2.26. The summed E-state index contributed by atoms with van der Waals surface area (Å²) in [5.41, 5.74) is 1.74. The number of nitrogens with one attached hydrogen (secondary N) is 1. The van der Waals surface area contributed by atoms with Gasteiger partial charge < -0.3 is 10.2 Å². The summed E-state index contributed by atoms with van der Waals surface area (Å²) in [6, 6.07) is 8.14. The molecule has 1 aliphatic heterocycles. The fourth-order valence-electron chi connectivity index (χ4n) is 3.15. The van der Waals surface area contributed by atoms with Gasteiger partial charge in [-0.2, -0.15) is 0 Å². The van der Waals surface area contributed by atoms with Crippen LogP contribution in [0.1, 0.15) is 44.5 Å². The minimum absolute atomic E-state index is 0.160. The maximum Gasteiger partial charge on any atom is 0.256 e. The molecule has 0 aromatic heterocycles. The number of rotatable bonds is 3. The van der Waals surface area contributed by atoms with Crippen molar-refractivity contribution < 1.29 is 4.79 Å². The molecule has 1 aliphatic rings. The number of benzene rings is 1. The molecule has 1 saturated heterocycles. The standard InChI is InChI=1S/C17H26N2O/c1-5-18-16-9-7-6-8-15(16)17(20)19-11-12(2)10-13(3)14(19)4/h6-9,12-14,18H,5,10-11H2,1-4H3. The molecular weight excluding hydrogens is 248 g/mol. The summed E-state index contributed by atoms with van der Waals surface area (Å²) >= 11 is 0. The predicted octanol–water partition coefficient (Wildman–Crippen LogP) is 3.63. The highest BCUT2D eigenvalue weighted by molar-refractivity contribution is 5.99. The van der Waals surface area contributed by atoms with E-state index in [2.05, 4.69) is 37.9 Å². The minimum Gasteiger partial charge on any atom is -0.385 e. The van der Waals surface area contributed by atoms with Gasteiger partial charge in [0.05, 0.1) is 5.56 Å². The van der Waals surface area contributed by atoms with Crippen LogP contribution < -0.4 is 5.32 Å². The van der Waals surface area contributed by atoms with Crippen molar-refractivity contribution in [1.29, 1.82) is 0 Å². The third-order valence-electron chi connectivity index (χ3n) is 4.38. The minimum atomic E-state index is 0.160. The highest BCUT2D eigenvalue weighted by Gasteiger charge is 2.32. The SMILES string of the molecule is CCNc1ccccc1C(=O)N1CC(C)CC(C)C1C. The number of hydrogen-bond acceptors (Lipinski definition) is 2. The second-order valence-electron chi connectivity index (χ2n) is 6.09. The van der Waals surface area contributed by atoms with Crippen molar-refractivity contribution in [3.05, 3.63) is 29.8 Å². The molecule has 1 fully saturated rings. The Labute approximate surface area is 122 Å². The van der Waals surface area contributed by atoms with Crippen LogP contribution in [0.3, 0.4) is 0 Å². The zero-order valence-corrected chi connectivity index (χ0v) is 13.0. The molecule has 20 heavy (non-hydrogen) atoms. The van der Waals surface area contributed by atoms with E-state index in [1.807, 2.05) is 24.3 Å². The van der Waals surface area contributed by atoms with Crippen LogP contribution in [0.4, 0.5) is 5.69 Å². The maximum atomic E-state index is 12.9. The van der Waals surface area contributed by atoms with E-state index in [1.54, 1.807) is 0 Å². The van der Waals surface area contributed by atoms with E-state index in [1.165, 1.54) is 6.42 Å². The molecular formula is C17H26N2O. The summed E-state index contributed by atoms with van der Waals surface area (Å²) in [7, 11) is 0. The molecule has 0 bridgehead atoms. The Hall–Kier alpha value is -1.51. The first kappa shape index (κ1) is 14.9. The molecule has 1 N–H and O–H groups in total. The van der Waals surface area contributed by atoms with E-state index in [4.69, 9.17) is 0 Å². The normalized spacial score (nSPS) is 26.4. The molecule has 1 heterocycles. The Morgan fingerprint density at radius 3 is 2.70 bits per heavy atom. The summed E-state index contributed by atoms with van der Waals surface area (Å²) in [5, 5.41) is 3.29. The number of amides is 1. The number of hydrogen-bond donors (Lipinski definition) is 1. The van der Waals surface area contributed by atoms with E-state index in [-0.39, 0.29) is 5.91 Å². The van der Waals surface area contributed by atoms with Crippen LogP contribution in [0, 0.1) is 11.8 Å². The zero-order valence-electron chi connectivity index (χ0n) is 13.0. The first-order valence-corrected chi connectivity index (χ1v) is 7.68. The van der Waals surface area contributed by atoms with Crippen molar-refractivity contribution in [2.24, 2.45) is 11.8 Å². The van der Waals surface area contributed by atoms with E-state index < -0.39 is 0 Å². The molecule has 110 valence electrons. The van der Waals surface area contributed by atoms with E-state index >= 15 is 0 Å². The maximum absolute atomic E-state index is 12.9. The molecule has 3 unspecified atom stereocenters. The molecule has 3 nitrogen and oxygen atoms in total. The quantitative estimate of drug-likeness (QED) is 0.913. The van der Waals surface area contributed by atoms with Gasteiger partial charge in [-0.15, -0.1) is 0 Å². The first-order chi connectivity index (χ1) is 9.54. The van der Waals surface area contributed by atoms with Crippen molar-refractivity contribution in [3.63, 3.8) is 0 Å². The van der Waals surface area contributed by atoms with Gasteiger partial charge in [-0.25, -0.2) is 0 Å². The van der Waals surface area contributed by atoms with E-state index in [9.17, 15) is 4.79 Å². The summed E-state index contributed by atoms with van der Waals surface area (Å²) in [6.07, 6.45) is 1.21. The van der Waals surface area contributed by atoms with Crippen LogP contribution in [-0.4, -0.2) is 29.9 Å². The fourth-order valence-corrected chi connectivity index (χ4v) is 3.15. The monoisotopic (exact) mass is 274 g/mol. The number of nitrogens with zero attached hydrogens (tertiary/aromatic N) is 1. The number of carbonyl (C=O) groups excluding carboxylic acids is 1. The molecule has 0 radical (unpaired) electrons. The zero-order chi connectivity index (χ0) is 14.7. The lowest BCUT2D eigenvalue weighted by Gasteiger charge is -2.41. The lowest BCUT2D eigenvalue weighted by molar-refractivity contribution is 0.0456. The van der Waals surface area contributed by atoms with Gasteiger partial charge in [0.2, 0.25) is 0 Å². The van der Waals surface area contributed by atoms with Crippen molar-refractivity contribution in [3.8, 4) is 0 Å². The Morgan fingerprint density at radius 2 is 2.00 bits per heavy atom. The number of piperidine rings is 1. The first-order valence-electron chi connectivity index (χ1n) is 7.68. The van der Waals surface area contributed by atoms with E-state index in [0.717, 1.165) is 24.3 Å². The highest BCUT2D eigenvalue weighted by Crippen LogP contribution is 2.29. The molecule has 1 amide bonds. The van der Waals surface area contributed by atoms with Crippen LogP contribution in [0.2, 0.25) is 0 Å². The number of likely N-dealkylation sites (tertiary alicyclic amines) is 1. The van der Waals surface area contributed by atoms with Gasteiger partial charge in [0.25, 0.3) is 5.91 Å². The molecule has 3 atom stereocenters. The third-order valence-corrected chi connectivity index (χ3v) is 4.38. The summed E-state index contributed by atoms with van der Waals surface area (Å²) in [5.74, 6) is 1.30. The van der Waals surface area contributed by atoms with Gasteiger partial charge in [0, 0.05) is 24.8 Å². The largest absolute Gasteiger partial charge is 0.385 e. The molecule has 3 heteroatoms. The highest BCUT2D eigenvalue weighted by atomic mass is 16.2. The second-order valence-corrected chi connectivity index (χ2v) is 6.09. The van der Waals surface area contributed by atoms with Crippen LogP contribution in [0.15, 0.2) is 24.3 Å². The van der Waals surface area contributed by atoms with Gasteiger partial charge in [0.15, 0.2) is 0 Å². The van der Waals surface area contributed by atoms with Gasteiger partial charge in [-0.3, -0.25) is 4.79 Å². The summed E-state index contributed by atoms with van der Waals surface area (Å²) in [4.78, 5) is 14.9. The van der Waals surface area contributed by atoms with E-state index in [0.29, 0.717) is 17.9 Å². The van der Waals surface area contributed by atoms with Crippen LogP contribution in [0.25, 0.3) is 0 Å². The second kappa shape index (κ2) is 6.29. The third kappa shape index (κ3) is 2.97. The van der Waals surface area contributed by atoms with Crippen molar-refractivity contribution >= 4 is 11.6 Å². The molecule has 1 aromatic carbocycles. The molecule has 0 spiro atoms. The average molecular weight is 274 g/mol. The smallest absolute Gasteiger partial charge is 0.256 e. The lowest BCUT2D eigenvalue weighted by Crippen LogP contribution is -2.49. The topological polar surface area (TPSA) is 32.3 Å². The van der Waals surface area contributed by atoms with Gasteiger partial charge in [-0.05, 0) is 44.2 Å². The number of carbonyl (C=O) groups is 1. The predicted molar refractivity (Wildman–Crippen MR) is 84.0 cm³/mol. The Kier molecular flexibility index (Phi) is 4.69. The Morgan fingerprint density at radius 1 is 1.30 bits per heavy atom. The van der Waals surface area contributed by atoms with Crippen LogP contribution in [0.5, 0.6) is 0 Å². The van der Waals surface area contributed by atoms with Crippen LogP contribution >= 0.6 is 0 Å². The lowest BCUT2D eigenvalue weighted by atomic mass is 9.85. The van der Waals surface area contributed by atoms with Crippen molar-refractivity contribution in [2.45, 2.75) is 40.2 Å². The molecule has 0 saturated carbocycles. The number of para-hydroxylation sites is 1. The molecule has 0 aliphatic carbocycles. The number of anilines is 1. The summed E-state index contributed by atoms with van der Waals surface area (Å²) in [6.45, 7) is 10.4. The van der Waals surface area contributed by atoms with Gasteiger partial charge in [-0.1, -0.05) is 26.0 Å². The average Bonchev–Trinajstić information content (AvgIpc) is 2.43. The molecule has 1 aromatic rings. The van der Waals surface area contributed by atoms with Crippen LogP contribution in [-0.2, 0) is 0 Å². The van der Waals surface area contributed by atoms with Crippen molar-refractivity contribution in [2.75, 3.05) is 18.4 Å². The molecule has 2 rings (SSSR count). The van der Waals surface area contributed by atoms with Crippen molar-refractivity contribution in [1.82, 2.24) is 4.90 Å². The van der Waals surface area contributed by atoms with Gasteiger partial charge in [0.1, 0.15) is 0 Å². The Bertz CT molecular complexity index is 472. The van der Waals surface area contributed by atoms with Gasteiger partial charge >= 0.3 is 0 Å². The fraction of sp³-hybridized carbons (Fsp3) is 0.588.